The van der Waals surface area contributed by atoms with Crippen molar-refractivity contribution in [3.05, 3.63) is 107 Å². The van der Waals surface area contributed by atoms with Crippen molar-refractivity contribution in [1.29, 1.82) is 0 Å². The molecule has 3 rings (SSSR count). The number of allylic oxidation sites excluding steroid dienone is 2. The highest BCUT2D eigenvalue weighted by atomic mass is 19.1. The molecule has 0 saturated heterocycles. The van der Waals surface area contributed by atoms with Gasteiger partial charge in [-0.05, 0) is 79.4 Å². The molecule has 0 saturated carbocycles. The number of aryl methyl sites for hydroxylation is 2. The predicted molar refractivity (Wildman–Crippen MR) is 134 cm³/mol. The maximum absolute atomic E-state index is 14.4. The summed E-state index contributed by atoms with van der Waals surface area (Å²) < 4.78 is 14.4. The van der Waals surface area contributed by atoms with E-state index in [-0.39, 0.29) is 18.3 Å². The Morgan fingerprint density at radius 3 is 2.61 bits per heavy atom. The van der Waals surface area contributed by atoms with Crippen molar-refractivity contribution >= 4 is 22.4 Å². The number of carbonyl (C=O) groups is 1. The summed E-state index contributed by atoms with van der Waals surface area (Å²) in [6.07, 6.45) is 4.19. The molecule has 0 atom stereocenters. The largest absolute Gasteiger partial charge is 0.391 e. The van der Waals surface area contributed by atoms with E-state index in [4.69, 9.17) is 0 Å². The van der Waals surface area contributed by atoms with Gasteiger partial charge in [-0.2, -0.15) is 0 Å². The van der Waals surface area contributed by atoms with Crippen molar-refractivity contribution in [3.63, 3.8) is 0 Å². The van der Waals surface area contributed by atoms with Crippen LogP contribution >= 0.6 is 0 Å². The molecule has 0 radical (unpaired) electrons. The lowest BCUT2D eigenvalue weighted by molar-refractivity contribution is -0.117. The standard InChI is InChI=1S/C28H30FN3O/c1-17(2)25-14-23(26(29)11-19(25)4)16-32-28(33)20(5)10-24(30-6)13-21-7-8-27-22(12-21)9-18(3)15-31-27/h7-12,14-15,30H,1,5,13,16H2,2-4,6H3,(H,32,33)/b24-10-. The molecule has 5 heteroatoms. The average molecular weight is 444 g/mol. The molecule has 0 aliphatic heterocycles. The first-order chi connectivity index (χ1) is 15.7. The molecule has 0 bridgehead atoms. The molecular weight excluding hydrogens is 413 g/mol. The van der Waals surface area contributed by atoms with Crippen LogP contribution in [0.4, 0.5) is 4.39 Å². The van der Waals surface area contributed by atoms with Crippen LogP contribution in [-0.2, 0) is 17.8 Å². The Balaban J connectivity index is 1.69. The molecule has 1 heterocycles. The zero-order chi connectivity index (χ0) is 24.1. The average Bonchev–Trinajstić information content (AvgIpc) is 2.77. The van der Waals surface area contributed by atoms with Gasteiger partial charge >= 0.3 is 0 Å². The zero-order valence-corrected chi connectivity index (χ0v) is 19.7. The lowest BCUT2D eigenvalue weighted by Gasteiger charge is -2.12. The van der Waals surface area contributed by atoms with Gasteiger partial charge in [0.25, 0.3) is 5.91 Å². The van der Waals surface area contributed by atoms with Crippen LogP contribution in [0.25, 0.3) is 16.5 Å². The Morgan fingerprint density at radius 2 is 1.91 bits per heavy atom. The van der Waals surface area contributed by atoms with E-state index in [1.807, 2.05) is 46.1 Å². The molecule has 1 amide bonds. The maximum Gasteiger partial charge on any atom is 0.251 e. The molecule has 0 aliphatic carbocycles. The Labute approximate surface area is 194 Å². The van der Waals surface area contributed by atoms with Gasteiger partial charge < -0.3 is 10.6 Å². The van der Waals surface area contributed by atoms with E-state index in [0.29, 0.717) is 17.6 Å². The summed E-state index contributed by atoms with van der Waals surface area (Å²) in [5.41, 5.74) is 7.27. The first-order valence-corrected chi connectivity index (χ1v) is 10.8. The zero-order valence-electron chi connectivity index (χ0n) is 19.7. The number of likely N-dealkylation sites (N-methyl/N-ethyl adjacent to an activating group) is 1. The van der Waals surface area contributed by atoms with Crippen molar-refractivity contribution in [2.45, 2.75) is 33.7 Å². The highest BCUT2D eigenvalue weighted by molar-refractivity contribution is 5.95. The van der Waals surface area contributed by atoms with Crippen LogP contribution in [0.3, 0.4) is 0 Å². The van der Waals surface area contributed by atoms with Crippen molar-refractivity contribution in [2.75, 3.05) is 7.05 Å². The molecular formula is C28H30FN3O. The number of nitrogens with one attached hydrogen (secondary N) is 2. The van der Waals surface area contributed by atoms with Gasteiger partial charge in [0, 0.05) is 48.4 Å². The van der Waals surface area contributed by atoms with Crippen molar-refractivity contribution < 1.29 is 9.18 Å². The predicted octanol–water partition coefficient (Wildman–Crippen LogP) is 5.54. The molecule has 33 heavy (non-hydrogen) atoms. The maximum atomic E-state index is 14.4. The van der Waals surface area contributed by atoms with E-state index < -0.39 is 0 Å². The van der Waals surface area contributed by atoms with Crippen LogP contribution in [-0.4, -0.2) is 17.9 Å². The monoisotopic (exact) mass is 443 g/mol. The SMILES string of the molecule is C=C(/C=C(/Cc1ccc2ncc(C)cc2c1)NC)C(=O)NCc1cc(C(=C)C)c(C)cc1F. The summed E-state index contributed by atoms with van der Waals surface area (Å²) in [4.78, 5) is 17.0. The van der Waals surface area contributed by atoms with E-state index in [1.165, 1.54) is 6.07 Å². The Kier molecular flexibility index (Phi) is 7.44. The highest BCUT2D eigenvalue weighted by Gasteiger charge is 2.11. The van der Waals surface area contributed by atoms with Crippen molar-refractivity contribution in [1.82, 2.24) is 15.6 Å². The Bertz CT molecular complexity index is 1270. The van der Waals surface area contributed by atoms with E-state index in [2.05, 4.69) is 40.9 Å². The smallest absolute Gasteiger partial charge is 0.251 e. The number of hydrogen-bond acceptors (Lipinski definition) is 3. The third-order valence-corrected chi connectivity index (χ3v) is 5.53. The minimum Gasteiger partial charge on any atom is -0.391 e. The van der Waals surface area contributed by atoms with E-state index >= 15 is 0 Å². The molecule has 2 aromatic carbocycles. The second-order valence-corrected chi connectivity index (χ2v) is 8.38. The first-order valence-electron chi connectivity index (χ1n) is 10.8. The Hall–Kier alpha value is -3.73. The minimum atomic E-state index is -0.351. The molecule has 0 unspecified atom stereocenters. The van der Waals surface area contributed by atoms with Gasteiger partial charge in [-0.25, -0.2) is 4.39 Å². The number of nitrogens with zero attached hydrogens (tertiary/aromatic N) is 1. The van der Waals surface area contributed by atoms with Gasteiger partial charge in [-0.1, -0.05) is 24.8 Å². The topological polar surface area (TPSA) is 54.0 Å². The number of amides is 1. The summed E-state index contributed by atoms with van der Waals surface area (Å²) in [5.74, 6) is -0.700. The van der Waals surface area contributed by atoms with Crippen LogP contribution in [0.2, 0.25) is 0 Å². The fraction of sp³-hybridized carbons (Fsp3) is 0.214. The fourth-order valence-electron chi connectivity index (χ4n) is 3.71. The number of halogens is 1. The van der Waals surface area contributed by atoms with Crippen LogP contribution in [0.1, 0.15) is 34.7 Å². The highest BCUT2D eigenvalue weighted by Crippen LogP contribution is 2.21. The van der Waals surface area contributed by atoms with Gasteiger partial charge in [-0.3, -0.25) is 9.78 Å². The first kappa shape index (κ1) is 23.9. The number of aromatic nitrogens is 1. The van der Waals surface area contributed by atoms with Gasteiger partial charge in [0.2, 0.25) is 0 Å². The molecule has 4 nitrogen and oxygen atoms in total. The number of fused-ring (bicyclic) bond motifs is 1. The molecule has 3 aromatic rings. The van der Waals surface area contributed by atoms with E-state index in [9.17, 15) is 9.18 Å². The van der Waals surface area contributed by atoms with Crippen LogP contribution in [0, 0.1) is 19.7 Å². The molecule has 2 N–H and O–H groups in total. The lowest BCUT2D eigenvalue weighted by atomic mass is 9.99. The van der Waals surface area contributed by atoms with Crippen molar-refractivity contribution in [2.24, 2.45) is 0 Å². The molecule has 0 aliphatic rings. The molecule has 170 valence electrons. The quantitative estimate of drug-likeness (QED) is 0.355. The minimum absolute atomic E-state index is 0.0734. The third-order valence-electron chi connectivity index (χ3n) is 5.53. The van der Waals surface area contributed by atoms with Gasteiger partial charge in [-0.15, -0.1) is 0 Å². The number of benzene rings is 2. The molecule has 0 spiro atoms. The number of hydrogen-bond donors (Lipinski definition) is 2. The van der Waals surface area contributed by atoms with Crippen molar-refractivity contribution in [3.8, 4) is 0 Å². The van der Waals surface area contributed by atoms with E-state index in [0.717, 1.165) is 44.4 Å². The summed E-state index contributed by atoms with van der Waals surface area (Å²) in [7, 11) is 1.81. The number of rotatable bonds is 8. The van der Waals surface area contributed by atoms with Gasteiger partial charge in [0.05, 0.1) is 5.52 Å². The normalized spacial score (nSPS) is 11.4. The number of carbonyl (C=O) groups excluding carboxylic acids is 1. The number of pyridine rings is 1. The van der Waals surface area contributed by atoms with Crippen LogP contribution in [0.5, 0.6) is 0 Å². The second-order valence-electron chi connectivity index (χ2n) is 8.38. The van der Waals surface area contributed by atoms with Crippen LogP contribution in [0.15, 0.2) is 73.1 Å². The summed E-state index contributed by atoms with van der Waals surface area (Å²) in [5, 5.41) is 6.98. The second kappa shape index (κ2) is 10.3. The summed E-state index contributed by atoms with van der Waals surface area (Å²) in [6, 6.07) is 11.4. The third kappa shape index (κ3) is 5.95. The van der Waals surface area contributed by atoms with Gasteiger partial charge in [0.1, 0.15) is 5.82 Å². The van der Waals surface area contributed by atoms with Crippen LogP contribution < -0.4 is 10.6 Å². The summed E-state index contributed by atoms with van der Waals surface area (Å²) >= 11 is 0. The Morgan fingerprint density at radius 1 is 1.15 bits per heavy atom. The molecule has 0 fully saturated rings. The summed E-state index contributed by atoms with van der Waals surface area (Å²) in [6.45, 7) is 13.6. The lowest BCUT2D eigenvalue weighted by Crippen LogP contribution is -2.25. The fourth-order valence-corrected chi connectivity index (χ4v) is 3.71. The molecule has 1 aromatic heterocycles. The van der Waals surface area contributed by atoms with E-state index in [1.54, 1.807) is 12.1 Å². The van der Waals surface area contributed by atoms with Gasteiger partial charge in [0.15, 0.2) is 0 Å².